The molecule has 1 atom stereocenters. The number of carbonyl (C=O) groups excluding carboxylic acids is 1. The van der Waals surface area contributed by atoms with Crippen LogP contribution >= 0.6 is 22.6 Å². The highest BCUT2D eigenvalue weighted by atomic mass is 127. The van der Waals surface area contributed by atoms with Gasteiger partial charge < -0.3 is 14.6 Å². The van der Waals surface area contributed by atoms with Gasteiger partial charge in [-0.2, -0.15) is 0 Å². The van der Waals surface area contributed by atoms with E-state index in [9.17, 15) is 9.59 Å². The molecule has 0 bridgehead atoms. The Hall–Kier alpha value is -0.530. The molecule has 0 aliphatic heterocycles. The molecule has 0 saturated heterocycles. The highest BCUT2D eigenvalue weighted by Crippen LogP contribution is 2.01. The molecule has 0 amide bonds. The summed E-state index contributed by atoms with van der Waals surface area (Å²) in [4.78, 5) is 20.3. The molecule has 0 heterocycles. The summed E-state index contributed by atoms with van der Waals surface area (Å²) >= 11 is 1.84. The Morgan fingerprint density at radius 2 is 2.18 bits per heavy atom. The van der Waals surface area contributed by atoms with Crippen LogP contribution in [0, 0.1) is 0 Å². The number of hydrogen-bond acceptors (Lipinski definition) is 4. The second kappa shape index (κ2) is 5.16. The van der Waals surface area contributed by atoms with E-state index in [-0.39, 0.29) is 4.11 Å². The van der Waals surface area contributed by atoms with Crippen LogP contribution in [0.25, 0.3) is 0 Å². The van der Waals surface area contributed by atoms with Gasteiger partial charge in [0.15, 0.2) is 10.7 Å². The first-order chi connectivity index (χ1) is 5.02. The number of carbonyl (C=O) groups is 2. The van der Waals surface area contributed by atoms with Crippen molar-refractivity contribution in [3.8, 4) is 0 Å². The second-order valence-corrected chi connectivity index (χ2v) is 3.35. The van der Waals surface area contributed by atoms with Crippen LogP contribution in [-0.2, 0) is 14.3 Å². The maximum atomic E-state index is 10.4. The predicted molar refractivity (Wildman–Crippen MR) is 43.6 cm³/mol. The van der Waals surface area contributed by atoms with E-state index in [0.717, 1.165) is 0 Å². The first-order valence-electron chi connectivity index (χ1n) is 2.71. The van der Waals surface area contributed by atoms with Gasteiger partial charge in [0.05, 0.1) is 0 Å². The quantitative estimate of drug-likeness (QED) is 0.472. The molecule has 0 spiro atoms. The van der Waals surface area contributed by atoms with E-state index in [1.807, 2.05) is 22.6 Å². The van der Waals surface area contributed by atoms with Gasteiger partial charge in [-0.1, -0.05) is 0 Å². The molecular formula is C5H7IO5. The van der Waals surface area contributed by atoms with Gasteiger partial charge in [-0.3, -0.25) is 0 Å². The van der Waals surface area contributed by atoms with E-state index < -0.39 is 18.7 Å². The Kier molecular flexibility index (Phi) is 4.92. The molecule has 0 radical (unpaired) electrons. The zero-order valence-corrected chi connectivity index (χ0v) is 7.90. The topological polar surface area (TPSA) is 72.8 Å². The predicted octanol–water partition coefficient (Wildman–Crippen LogP) is 1.01. The number of halogens is 1. The third-order valence-electron chi connectivity index (χ3n) is 0.572. The summed E-state index contributed by atoms with van der Waals surface area (Å²) in [6.07, 6.45) is -0.964. The summed E-state index contributed by atoms with van der Waals surface area (Å²) in [7, 11) is 0. The zero-order chi connectivity index (χ0) is 8.85. The van der Waals surface area contributed by atoms with Crippen molar-refractivity contribution in [1.82, 2.24) is 0 Å². The molecule has 11 heavy (non-hydrogen) atoms. The van der Waals surface area contributed by atoms with Crippen molar-refractivity contribution in [3.05, 3.63) is 0 Å². The summed E-state index contributed by atoms with van der Waals surface area (Å²) in [5, 5.41) is 8.06. The van der Waals surface area contributed by atoms with Gasteiger partial charge in [0.25, 0.3) is 0 Å². The Balaban J connectivity index is 3.45. The van der Waals surface area contributed by atoms with Gasteiger partial charge in [-0.05, 0) is 29.5 Å². The monoisotopic (exact) mass is 274 g/mol. The fourth-order valence-corrected chi connectivity index (χ4v) is 0.495. The molecule has 1 unspecified atom stereocenters. The molecule has 0 aliphatic carbocycles. The number of carboxylic acid groups (broad SMARTS) is 1. The molecule has 0 fully saturated rings. The normalized spacial score (nSPS) is 11.8. The van der Waals surface area contributed by atoms with Crippen molar-refractivity contribution >= 4 is 34.7 Å². The molecule has 0 aromatic carbocycles. The van der Waals surface area contributed by atoms with Gasteiger partial charge in [-0.15, -0.1) is 0 Å². The SMILES string of the molecule is CC(I)OC(=O)OCC(=O)O. The van der Waals surface area contributed by atoms with Crippen molar-refractivity contribution in [1.29, 1.82) is 0 Å². The summed E-state index contributed by atoms with van der Waals surface area (Å²) in [5.41, 5.74) is 0. The summed E-state index contributed by atoms with van der Waals surface area (Å²) in [6, 6.07) is 0. The van der Waals surface area contributed by atoms with Crippen LogP contribution in [0.2, 0.25) is 0 Å². The van der Waals surface area contributed by atoms with Crippen molar-refractivity contribution in [2.24, 2.45) is 0 Å². The molecule has 5 nitrogen and oxygen atoms in total. The Morgan fingerprint density at radius 1 is 1.64 bits per heavy atom. The van der Waals surface area contributed by atoms with Crippen molar-refractivity contribution in [2.75, 3.05) is 6.61 Å². The third-order valence-corrected chi connectivity index (χ3v) is 0.826. The minimum absolute atomic E-state index is 0.325. The van der Waals surface area contributed by atoms with Crippen LogP contribution in [-0.4, -0.2) is 27.9 Å². The first kappa shape index (κ1) is 10.5. The maximum Gasteiger partial charge on any atom is 0.509 e. The molecule has 1 N–H and O–H groups in total. The molecule has 0 aliphatic rings. The van der Waals surface area contributed by atoms with Crippen molar-refractivity contribution in [2.45, 2.75) is 11.0 Å². The van der Waals surface area contributed by atoms with Gasteiger partial charge in [0.1, 0.15) is 0 Å². The fourth-order valence-electron chi connectivity index (χ4n) is 0.287. The molecular weight excluding hydrogens is 267 g/mol. The Bertz CT molecular complexity index is 155. The van der Waals surface area contributed by atoms with Crippen molar-refractivity contribution < 1.29 is 24.2 Å². The molecule has 64 valence electrons. The van der Waals surface area contributed by atoms with E-state index in [4.69, 9.17) is 5.11 Å². The van der Waals surface area contributed by atoms with Crippen molar-refractivity contribution in [3.63, 3.8) is 0 Å². The van der Waals surface area contributed by atoms with E-state index in [1.165, 1.54) is 0 Å². The van der Waals surface area contributed by atoms with Gasteiger partial charge >= 0.3 is 12.1 Å². The molecule has 0 saturated carbocycles. The smallest absolute Gasteiger partial charge is 0.479 e. The standard InChI is InChI=1S/C5H7IO5/c1-3(6)11-5(9)10-2-4(7)8/h3H,2H2,1H3,(H,7,8). The van der Waals surface area contributed by atoms with E-state index in [1.54, 1.807) is 6.92 Å². The molecule has 0 rings (SSSR count). The van der Waals surface area contributed by atoms with Crippen LogP contribution in [0.3, 0.4) is 0 Å². The van der Waals surface area contributed by atoms with Crippen LogP contribution in [0.4, 0.5) is 4.79 Å². The van der Waals surface area contributed by atoms with Gasteiger partial charge in [0, 0.05) is 0 Å². The van der Waals surface area contributed by atoms with E-state index >= 15 is 0 Å². The molecule has 0 aromatic rings. The minimum Gasteiger partial charge on any atom is -0.479 e. The van der Waals surface area contributed by atoms with Crippen LogP contribution in [0.5, 0.6) is 0 Å². The first-order valence-corrected chi connectivity index (χ1v) is 3.96. The summed E-state index contributed by atoms with van der Waals surface area (Å²) in [6.45, 7) is 0.963. The number of aliphatic carboxylic acids is 1. The molecule has 6 heteroatoms. The van der Waals surface area contributed by atoms with Crippen LogP contribution in [0.1, 0.15) is 6.92 Å². The highest BCUT2D eigenvalue weighted by molar-refractivity contribution is 14.1. The fraction of sp³-hybridized carbons (Fsp3) is 0.600. The average Bonchev–Trinajstić information content (AvgIpc) is 1.82. The number of alkyl halides is 1. The van der Waals surface area contributed by atoms with Gasteiger partial charge in [0.2, 0.25) is 0 Å². The Morgan fingerprint density at radius 3 is 2.55 bits per heavy atom. The lowest BCUT2D eigenvalue weighted by atomic mass is 10.7. The number of hydrogen-bond donors (Lipinski definition) is 1. The lowest BCUT2D eigenvalue weighted by molar-refractivity contribution is -0.141. The number of rotatable bonds is 3. The lowest BCUT2D eigenvalue weighted by Gasteiger charge is -2.04. The van der Waals surface area contributed by atoms with Crippen LogP contribution in [0.15, 0.2) is 0 Å². The Labute approximate surface area is 76.8 Å². The van der Waals surface area contributed by atoms with E-state index in [0.29, 0.717) is 0 Å². The largest absolute Gasteiger partial charge is 0.509 e. The average molecular weight is 274 g/mol. The lowest BCUT2D eigenvalue weighted by Crippen LogP contribution is -2.16. The molecule has 0 aromatic heterocycles. The van der Waals surface area contributed by atoms with Crippen LogP contribution < -0.4 is 0 Å². The summed E-state index contributed by atoms with van der Waals surface area (Å²) < 4.78 is 8.29. The highest BCUT2D eigenvalue weighted by Gasteiger charge is 2.08. The van der Waals surface area contributed by atoms with E-state index in [2.05, 4.69) is 9.47 Å². The zero-order valence-electron chi connectivity index (χ0n) is 5.74. The number of ether oxygens (including phenoxy) is 2. The maximum absolute atomic E-state index is 10.4. The van der Waals surface area contributed by atoms with Gasteiger partial charge in [-0.25, -0.2) is 9.59 Å². The summed E-state index contributed by atoms with van der Waals surface area (Å²) in [5.74, 6) is -1.21. The number of carboxylic acids is 1. The minimum atomic E-state index is -1.21. The third kappa shape index (κ3) is 7.37. The second-order valence-electron chi connectivity index (χ2n) is 1.59.